The van der Waals surface area contributed by atoms with Crippen molar-refractivity contribution in [2.24, 2.45) is 11.7 Å². The van der Waals surface area contributed by atoms with Gasteiger partial charge in [0.15, 0.2) is 9.84 Å². The summed E-state index contributed by atoms with van der Waals surface area (Å²) >= 11 is 0. The maximum atomic E-state index is 12.4. The number of amides is 1. The molecule has 1 atom stereocenters. The highest BCUT2D eigenvalue weighted by atomic mass is 32.2. The highest BCUT2D eigenvalue weighted by Crippen LogP contribution is 2.25. The van der Waals surface area contributed by atoms with Crippen molar-refractivity contribution in [3.8, 4) is 0 Å². The van der Waals surface area contributed by atoms with E-state index < -0.39 is 27.3 Å². The molecule has 1 aliphatic rings. The largest absolute Gasteiger partial charge is 0.396 e. The molecule has 0 radical (unpaired) electrons. The van der Waals surface area contributed by atoms with E-state index in [1.807, 2.05) is 0 Å². The molecule has 25 heavy (non-hydrogen) atoms. The van der Waals surface area contributed by atoms with E-state index in [1.54, 1.807) is 0 Å². The van der Waals surface area contributed by atoms with Gasteiger partial charge in [0.2, 0.25) is 5.91 Å². The molecule has 1 saturated heterocycles. The number of rotatable bonds is 8. The van der Waals surface area contributed by atoms with Gasteiger partial charge in [-0.25, -0.2) is 8.42 Å². The van der Waals surface area contributed by atoms with E-state index in [4.69, 9.17) is 15.6 Å². The molecule has 3 N–H and O–H groups in total. The van der Waals surface area contributed by atoms with Crippen LogP contribution in [0.2, 0.25) is 0 Å². The van der Waals surface area contributed by atoms with Crippen molar-refractivity contribution < 1.29 is 23.1 Å². The van der Waals surface area contributed by atoms with Crippen molar-refractivity contribution in [2.75, 3.05) is 25.6 Å². The van der Waals surface area contributed by atoms with E-state index in [-0.39, 0.29) is 29.6 Å². The summed E-state index contributed by atoms with van der Waals surface area (Å²) in [5.74, 6) is -0.635. The van der Waals surface area contributed by atoms with E-state index in [0.717, 1.165) is 18.9 Å². The predicted octanol–water partition coefficient (Wildman–Crippen LogP) is -0.152. The number of hydrogen-bond acceptors (Lipinski definition) is 6. The minimum absolute atomic E-state index is 0.0963. The second kappa shape index (κ2) is 8.59. The van der Waals surface area contributed by atoms with Crippen LogP contribution >= 0.6 is 0 Å². The van der Waals surface area contributed by atoms with Crippen molar-refractivity contribution in [3.05, 3.63) is 28.7 Å². The molecular formula is C16H24N2O6S. The molecule has 1 aliphatic heterocycles. The number of carbonyl (C=O) groups excluding carboxylic acids is 1. The van der Waals surface area contributed by atoms with Gasteiger partial charge < -0.3 is 20.1 Å². The third kappa shape index (κ3) is 5.13. The Balaban J connectivity index is 2.24. The Morgan fingerprint density at radius 3 is 2.64 bits per heavy atom. The third-order valence-electron chi connectivity index (χ3n) is 4.41. The lowest BCUT2D eigenvalue weighted by Gasteiger charge is -2.26. The fourth-order valence-electron chi connectivity index (χ4n) is 2.96. The van der Waals surface area contributed by atoms with Gasteiger partial charge in [-0.05, 0) is 37.7 Å². The molecule has 9 heteroatoms. The quantitative estimate of drug-likeness (QED) is 0.653. The second-order valence-corrected chi connectivity index (χ2v) is 8.32. The summed E-state index contributed by atoms with van der Waals surface area (Å²) in [4.78, 5) is 24.1. The highest BCUT2D eigenvalue weighted by Gasteiger charge is 2.26. The minimum Gasteiger partial charge on any atom is -0.396 e. The maximum Gasteiger partial charge on any atom is 0.252 e. The van der Waals surface area contributed by atoms with E-state index in [2.05, 4.69) is 0 Å². The normalized spacial score (nSPS) is 17.3. The summed E-state index contributed by atoms with van der Waals surface area (Å²) in [6.07, 6.45) is 3.43. The van der Waals surface area contributed by atoms with Crippen molar-refractivity contribution in [3.63, 3.8) is 0 Å². The first-order chi connectivity index (χ1) is 11.8. The van der Waals surface area contributed by atoms with Gasteiger partial charge >= 0.3 is 0 Å². The molecule has 0 aromatic carbocycles. The Kier molecular flexibility index (Phi) is 6.74. The van der Waals surface area contributed by atoms with Crippen LogP contribution in [0.5, 0.6) is 0 Å². The first-order valence-corrected chi connectivity index (χ1v) is 9.93. The van der Waals surface area contributed by atoms with Crippen LogP contribution < -0.4 is 11.3 Å². The number of pyridine rings is 1. The minimum atomic E-state index is -3.64. The monoisotopic (exact) mass is 372 g/mol. The summed E-state index contributed by atoms with van der Waals surface area (Å²) in [5.41, 5.74) is 4.89. The summed E-state index contributed by atoms with van der Waals surface area (Å²) < 4.78 is 30.7. The number of ether oxygens (including phenoxy) is 1. The first kappa shape index (κ1) is 19.6. The molecule has 0 unspecified atom stereocenters. The molecule has 1 aromatic rings. The topological polar surface area (TPSA) is 129 Å². The van der Waals surface area contributed by atoms with E-state index in [9.17, 15) is 18.0 Å². The number of aromatic nitrogens is 1. The van der Waals surface area contributed by atoms with E-state index >= 15 is 0 Å². The average molecular weight is 372 g/mol. The number of nitrogens with two attached hydrogens (primary N) is 1. The number of primary amides is 1. The molecule has 1 fully saturated rings. The van der Waals surface area contributed by atoms with Crippen molar-refractivity contribution in [2.45, 2.75) is 36.6 Å². The summed E-state index contributed by atoms with van der Waals surface area (Å²) in [6, 6.07) is 1.49. The van der Waals surface area contributed by atoms with Crippen molar-refractivity contribution in [1.82, 2.24) is 4.57 Å². The zero-order valence-corrected chi connectivity index (χ0v) is 14.8. The second-order valence-electron chi connectivity index (χ2n) is 6.21. The molecule has 1 amide bonds. The molecule has 0 saturated carbocycles. The summed E-state index contributed by atoms with van der Waals surface area (Å²) in [5, 5.41) is 8.77. The molecule has 1 aromatic heterocycles. The van der Waals surface area contributed by atoms with Crippen LogP contribution in [0.4, 0.5) is 0 Å². The first-order valence-electron chi connectivity index (χ1n) is 8.28. The molecule has 8 nitrogen and oxygen atoms in total. The van der Waals surface area contributed by atoms with Crippen LogP contribution in [0.15, 0.2) is 28.0 Å². The Labute approximate surface area is 146 Å². The maximum absolute atomic E-state index is 12.4. The van der Waals surface area contributed by atoms with Gasteiger partial charge in [0.1, 0.15) is 6.04 Å². The van der Waals surface area contributed by atoms with Gasteiger partial charge in [0, 0.05) is 32.1 Å². The number of nitrogens with zero attached hydrogens (tertiary/aromatic N) is 1. The lowest BCUT2D eigenvalue weighted by Crippen LogP contribution is -2.35. The molecule has 2 rings (SSSR count). The predicted molar refractivity (Wildman–Crippen MR) is 90.8 cm³/mol. The van der Waals surface area contributed by atoms with Crippen LogP contribution in [-0.4, -0.2) is 49.6 Å². The average Bonchev–Trinajstić information content (AvgIpc) is 2.59. The molecule has 0 spiro atoms. The fourth-order valence-corrected chi connectivity index (χ4v) is 4.25. The number of aliphatic hydroxyl groups excluding tert-OH is 1. The molecular weight excluding hydrogens is 348 g/mol. The standard InChI is InChI=1S/C16H24N2O6S/c17-16(21)14(10-12-3-7-24-8-4-12)18-5-2-13(11-15(18)20)25(22,23)9-1-6-19/h2,5,11-12,14,19H,1,3-4,6-10H2,(H2,17,21)/t14-/m1/s1. The Morgan fingerprint density at radius 1 is 1.40 bits per heavy atom. The van der Waals surface area contributed by atoms with Crippen molar-refractivity contribution >= 4 is 15.7 Å². The molecule has 140 valence electrons. The molecule has 0 aliphatic carbocycles. The van der Waals surface area contributed by atoms with E-state index in [1.165, 1.54) is 16.8 Å². The number of carbonyl (C=O) groups is 1. The van der Waals surface area contributed by atoms with Crippen LogP contribution in [0.25, 0.3) is 0 Å². The highest BCUT2D eigenvalue weighted by molar-refractivity contribution is 7.91. The van der Waals surface area contributed by atoms with E-state index in [0.29, 0.717) is 19.6 Å². The van der Waals surface area contributed by atoms with Gasteiger partial charge in [-0.1, -0.05) is 0 Å². The van der Waals surface area contributed by atoms with Crippen LogP contribution in [-0.2, 0) is 19.4 Å². The lowest BCUT2D eigenvalue weighted by molar-refractivity contribution is -0.122. The smallest absolute Gasteiger partial charge is 0.252 e. The van der Waals surface area contributed by atoms with Crippen LogP contribution in [0.3, 0.4) is 0 Å². The summed E-state index contributed by atoms with van der Waals surface area (Å²) in [6.45, 7) is 0.991. The number of aliphatic hydroxyl groups is 1. The molecule has 2 heterocycles. The third-order valence-corrected chi connectivity index (χ3v) is 6.21. The Morgan fingerprint density at radius 2 is 2.08 bits per heavy atom. The number of sulfone groups is 1. The van der Waals surface area contributed by atoms with Crippen LogP contribution in [0, 0.1) is 5.92 Å². The van der Waals surface area contributed by atoms with Crippen molar-refractivity contribution in [1.29, 1.82) is 0 Å². The van der Waals surface area contributed by atoms with Gasteiger partial charge in [-0.3, -0.25) is 9.59 Å². The Bertz CT molecular complexity index is 752. The lowest BCUT2D eigenvalue weighted by atomic mass is 9.92. The zero-order chi connectivity index (χ0) is 18.4. The summed E-state index contributed by atoms with van der Waals surface area (Å²) in [7, 11) is -3.64. The van der Waals surface area contributed by atoms with Gasteiger partial charge in [-0.15, -0.1) is 0 Å². The van der Waals surface area contributed by atoms with Gasteiger partial charge in [0.25, 0.3) is 5.56 Å². The van der Waals surface area contributed by atoms with Gasteiger partial charge in [0.05, 0.1) is 10.6 Å². The molecule has 0 bridgehead atoms. The van der Waals surface area contributed by atoms with Crippen LogP contribution in [0.1, 0.15) is 31.7 Å². The fraction of sp³-hybridized carbons (Fsp3) is 0.625. The van der Waals surface area contributed by atoms with Gasteiger partial charge in [-0.2, -0.15) is 0 Å². The SMILES string of the molecule is NC(=O)[C@@H](CC1CCOCC1)n1ccc(S(=O)(=O)CCCO)cc1=O. The zero-order valence-electron chi connectivity index (χ0n) is 14.0. The Hall–Kier alpha value is -1.71. The number of hydrogen-bond donors (Lipinski definition) is 2.